The molecule has 0 spiro atoms. The van der Waals surface area contributed by atoms with Crippen molar-refractivity contribution < 1.29 is 9.72 Å². The van der Waals surface area contributed by atoms with E-state index in [1.165, 1.54) is 16.7 Å². The largest absolute Gasteiger partial charge is 0.368 e. The number of anilines is 1. The number of hydrogen-bond donors (Lipinski definition) is 1. The zero-order valence-electron chi connectivity index (χ0n) is 19.0. The summed E-state index contributed by atoms with van der Waals surface area (Å²) in [4.78, 5) is 55.2. The highest BCUT2D eigenvalue weighted by Gasteiger charge is 2.23. The van der Waals surface area contributed by atoms with Crippen molar-refractivity contribution in [2.24, 2.45) is 0 Å². The highest BCUT2D eigenvalue weighted by Crippen LogP contribution is 2.21. The molecule has 178 valence electrons. The minimum atomic E-state index is -0.463. The first-order valence-electron chi connectivity index (χ1n) is 11.4. The Balaban J connectivity index is 1.46. The Labute approximate surface area is 195 Å². The van der Waals surface area contributed by atoms with E-state index in [2.05, 4.69) is 16.8 Å². The lowest BCUT2D eigenvalue weighted by Crippen LogP contribution is -2.48. The van der Waals surface area contributed by atoms with Crippen LogP contribution >= 0.6 is 0 Å². The van der Waals surface area contributed by atoms with E-state index in [4.69, 9.17) is 0 Å². The number of unbranched alkanes of at least 4 members (excludes halogenated alkanes) is 2. The summed E-state index contributed by atoms with van der Waals surface area (Å²) in [5, 5.41) is 11.2. The minimum Gasteiger partial charge on any atom is -0.368 e. The molecule has 2 aromatic carbocycles. The molecule has 1 fully saturated rings. The molecule has 0 bridgehead atoms. The number of aromatic amines is 1. The van der Waals surface area contributed by atoms with Crippen LogP contribution in [0.1, 0.15) is 36.5 Å². The maximum atomic E-state index is 13.1. The number of carbonyl (C=O) groups excluding carboxylic acids is 1. The van der Waals surface area contributed by atoms with Gasteiger partial charge >= 0.3 is 5.69 Å². The summed E-state index contributed by atoms with van der Waals surface area (Å²) in [5.41, 5.74) is 0.878. The van der Waals surface area contributed by atoms with Crippen molar-refractivity contribution in [1.82, 2.24) is 14.5 Å². The van der Waals surface area contributed by atoms with Crippen LogP contribution in [-0.4, -0.2) is 51.5 Å². The maximum Gasteiger partial charge on any atom is 0.328 e. The normalized spacial score (nSPS) is 13.9. The molecule has 1 N–H and O–H groups in total. The SMILES string of the molecule is CCCCCn1c(=O)[nH]c2cc(C(=O)N3CCN(c4ccc([N+](=O)[O-])cc4)CC3)ccc2c1=O. The number of fused-ring (bicyclic) bond motifs is 1. The summed E-state index contributed by atoms with van der Waals surface area (Å²) in [5.74, 6) is -0.168. The van der Waals surface area contributed by atoms with E-state index in [0.29, 0.717) is 49.2 Å². The van der Waals surface area contributed by atoms with Crippen LogP contribution in [0.4, 0.5) is 11.4 Å². The second-order valence-corrected chi connectivity index (χ2v) is 8.41. The molecule has 0 radical (unpaired) electrons. The molecule has 2 heterocycles. The molecular formula is C24H27N5O5. The molecule has 1 saturated heterocycles. The van der Waals surface area contributed by atoms with Gasteiger partial charge in [0.15, 0.2) is 0 Å². The Bertz CT molecular complexity index is 1320. The van der Waals surface area contributed by atoms with Crippen LogP contribution in [0, 0.1) is 10.1 Å². The third-order valence-electron chi connectivity index (χ3n) is 6.21. The molecule has 4 rings (SSSR count). The predicted molar refractivity (Wildman–Crippen MR) is 130 cm³/mol. The fourth-order valence-corrected chi connectivity index (χ4v) is 4.25. The monoisotopic (exact) mass is 465 g/mol. The Hall–Kier alpha value is -3.95. The van der Waals surface area contributed by atoms with Gasteiger partial charge in [0.05, 0.1) is 15.8 Å². The van der Waals surface area contributed by atoms with Crippen LogP contribution in [-0.2, 0) is 6.54 Å². The summed E-state index contributed by atoms with van der Waals surface area (Å²) in [6.07, 6.45) is 2.69. The summed E-state index contributed by atoms with van der Waals surface area (Å²) >= 11 is 0. The zero-order valence-corrected chi connectivity index (χ0v) is 19.0. The first kappa shape index (κ1) is 23.2. The minimum absolute atomic E-state index is 0.0413. The lowest BCUT2D eigenvalue weighted by Gasteiger charge is -2.36. The molecular weight excluding hydrogens is 438 g/mol. The molecule has 0 atom stereocenters. The Morgan fingerprint density at radius 1 is 1.03 bits per heavy atom. The lowest BCUT2D eigenvalue weighted by atomic mass is 10.1. The van der Waals surface area contributed by atoms with Crippen LogP contribution in [0.3, 0.4) is 0 Å². The highest BCUT2D eigenvalue weighted by molar-refractivity contribution is 5.97. The quantitative estimate of drug-likeness (QED) is 0.325. The summed E-state index contributed by atoms with van der Waals surface area (Å²) in [6, 6.07) is 11.2. The van der Waals surface area contributed by atoms with Gasteiger partial charge in [0.1, 0.15) is 0 Å². The van der Waals surface area contributed by atoms with Crippen LogP contribution in [0.15, 0.2) is 52.1 Å². The molecule has 10 nitrogen and oxygen atoms in total. The summed E-state index contributed by atoms with van der Waals surface area (Å²) in [7, 11) is 0. The van der Waals surface area contributed by atoms with E-state index in [1.807, 2.05) is 0 Å². The number of carbonyl (C=O) groups is 1. The molecule has 3 aromatic rings. The fraction of sp³-hybridized carbons (Fsp3) is 0.375. The topological polar surface area (TPSA) is 122 Å². The van der Waals surface area contributed by atoms with Crippen molar-refractivity contribution in [1.29, 1.82) is 0 Å². The fourth-order valence-electron chi connectivity index (χ4n) is 4.25. The van der Waals surface area contributed by atoms with Crippen molar-refractivity contribution in [3.05, 3.63) is 79.0 Å². The number of piperazine rings is 1. The number of nitrogens with zero attached hydrogens (tertiary/aromatic N) is 4. The number of nitrogens with one attached hydrogen (secondary N) is 1. The van der Waals surface area contributed by atoms with Crippen molar-refractivity contribution >= 4 is 28.2 Å². The molecule has 0 aliphatic carbocycles. The van der Waals surface area contributed by atoms with E-state index in [0.717, 1.165) is 24.9 Å². The Kier molecular flexibility index (Phi) is 6.76. The van der Waals surface area contributed by atoms with E-state index >= 15 is 0 Å². The van der Waals surface area contributed by atoms with Crippen molar-refractivity contribution in [2.45, 2.75) is 32.7 Å². The average molecular weight is 466 g/mol. The van der Waals surface area contributed by atoms with Gasteiger partial charge in [-0.3, -0.25) is 24.3 Å². The van der Waals surface area contributed by atoms with Gasteiger partial charge in [-0.1, -0.05) is 19.8 Å². The number of non-ortho nitro benzene ring substituents is 1. The third-order valence-corrected chi connectivity index (χ3v) is 6.21. The Morgan fingerprint density at radius 3 is 2.38 bits per heavy atom. The van der Waals surface area contributed by atoms with Crippen LogP contribution < -0.4 is 16.1 Å². The number of hydrogen-bond acceptors (Lipinski definition) is 6. The van der Waals surface area contributed by atoms with Gasteiger partial charge in [0, 0.05) is 56.1 Å². The molecule has 1 aliphatic heterocycles. The highest BCUT2D eigenvalue weighted by atomic mass is 16.6. The summed E-state index contributed by atoms with van der Waals surface area (Å²) in [6.45, 7) is 4.60. The van der Waals surface area contributed by atoms with Gasteiger partial charge < -0.3 is 14.8 Å². The van der Waals surface area contributed by atoms with E-state index in [1.54, 1.807) is 35.2 Å². The van der Waals surface area contributed by atoms with Crippen molar-refractivity contribution in [3.63, 3.8) is 0 Å². The molecule has 0 saturated carbocycles. The molecule has 1 aromatic heterocycles. The first-order valence-corrected chi connectivity index (χ1v) is 11.4. The number of nitro benzene ring substituents is 1. The molecule has 10 heteroatoms. The van der Waals surface area contributed by atoms with E-state index < -0.39 is 10.6 Å². The zero-order chi connectivity index (χ0) is 24.2. The standard InChI is InChI=1S/C24H27N5O5/c1-2-3-4-11-28-23(31)20-10-5-17(16-21(20)25-24(28)32)22(30)27-14-12-26(13-15-27)18-6-8-19(9-7-18)29(33)34/h5-10,16H,2-4,11-15H2,1H3,(H,25,32). The van der Waals surface area contributed by atoms with Gasteiger partial charge in [-0.25, -0.2) is 4.79 Å². The molecule has 0 unspecified atom stereocenters. The van der Waals surface area contributed by atoms with Crippen LogP contribution in [0.5, 0.6) is 0 Å². The Morgan fingerprint density at radius 2 is 1.74 bits per heavy atom. The van der Waals surface area contributed by atoms with Gasteiger partial charge in [-0.2, -0.15) is 0 Å². The van der Waals surface area contributed by atoms with Gasteiger partial charge in [0.2, 0.25) is 0 Å². The van der Waals surface area contributed by atoms with Crippen molar-refractivity contribution in [3.8, 4) is 0 Å². The van der Waals surface area contributed by atoms with Gasteiger partial charge in [-0.15, -0.1) is 0 Å². The molecule has 1 aliphatic rings. The van der Waals surface area contributed by atoms with Crippen LogP contribution in [0.2, 0.25) is 0 Å². The number of aromatic nitrogens is 2. The predicted octanol–water partition coefficient (Wildman–Crippen LogP) is 2.75. The number of benzene rings is 2. The van der Waals surface area contributed by atoms with Crippen LogP contribution in [0.25, 0.3) is 10.9 Å². The number of nitro groups is 1. The molecule has 1 amide bonds. The molecule has 34 heavy (non-hydrogen) atoms. The maximum absolute atomic E-state index is 13.1. The van der Waals surface area contributed by atoms with Crippen molar-refractivity contribution in [2.75, 3.05) is 31.1 Å². The van der Waals surface area contributed by atoms with Gasteiger partial charge in [0.25, 0.3) is 17.2 Å². The second-order valence-electron chi connectivity index (χ2n) is 8.41. The lowest BCUT2D eigenvalue weighted by molar-refractivity contribution is -0.384. The first-order chi connectivity index (χ1) is 16.4. The number of rotatable bonds is 7. The average Bonchev–Trinajstić information content (AvgIpc) is 2.85. The smallest absolute Gasteiger partial charge is 0.328 e. The number of H-pyrrole nitrogens is 1. The van der Waals surface area contributed by atoms with E-state index in [9.17, 15) is 24.5 Å². The number of amides is 1. The second kappa shape index (κ2) is 9.90. The third kappa shape index (κ3) is 4.70. The summed E-state index contributed by atoms with van der Waals surface area (Å²) < 4.78 is 1.22. The van der Waals surface area contributed by atoms with E-state index in [-0.39, 0.29) is 17.2 Å². The van der Waals surface area contributed by atoms with Gasteiger partial charge in [-0.05, 0) is 36.8 Å².